The van der Waals surface area contributed by atoms with Crippen LogP contribution in [0.2, 0.25) is 0 Å². The molecule has 34 heavy (non-hydrogen) atoms. The Morgan fingerprint density at radius 3 is 2.44 bits per heavy atom. The molecule has 2 aromatic carbocycles. The third kappa shape index (κ3) is 4.81. The van der Waals surface area contributed by atoms with E-state index in [1.807, 2.05) is 40.1 Å². The highest BCUT2D eigenvalue weighted by molar-refractivity contribution is 5.94. The minimum absolute atomic E-state index is 0.107. The molecule has 2 aromatic rings. The highest BCUT2D eigenvalue weighted by Gasteiger charge is 2.37. The number of carboxylic acid groups (broad SMARTS) is 1. The van der Waals surface area contributed by atoms with Crippen molar-refractivity contribution in [2.24, 2.45) is 0 Å². The minimum atomic E-state index is -0.852. The van der Waals surface area contributed by atoms with Crippen molar-refractivity contribution in [3.63, 3.8) is 0 Å². The van der Waals surface area contributed by atoms with Crippen molar-refractivity contribution in [3.05, 3.63) is 65.2 Å². The van der Waals surface area contributed by atoms with Crippen molar-refractivity contribution in [2.45, 2.75) is 56.7 Å². The van der Waals surface area contributed by atoms with Crippen LogP contribution in [0, 0.1) is 0 Å². The van der Waals surface area contributed by atoms with Gasteiger partial charge in [0.25, 0.3) is 0 Å². The highest BCUT2D eigenvalue weighted by atomic mass is 16.4. The van der Waals surface area contributed by atoms with Gasteiger partial charge >= 0.3 is 12.0 Å². The molecule has 5 rings (SSSR count). The second kappa shape index (κ2) is 10.2. The van der Waals surface area contributed by atoms with Crippen LogP contribution in [0.15, 0.2) is 48.5 Å². The maximum Gasteiger partial charge on any atom is 0.325 e. The van der Waals surface area contributed by atoms with E-state index in [1.165, 1.54) is 11.1 Å². The topological polar surface area (TPSA) is 84.9 Å². The summed E-state index contributed by atoms with van der Waals surface area (Å²) in [4.78, 5) is 29.1. The van der Waals surface area contributed by atoms with Crippen molar-refractivity contribution in [1.82, 2.24) is 15.5 Å². The van der Waals surface area contributed by atoms with Crippen LogP contribution in [0.1, 0.15) is 48.4 Å². The Hall–Kier alpha value is -2.90. The van der Waals surface area contributed by atoms with E-state index in [-0.39, 0.29) is 18.1 Å². The van der Waals surface area contributed by atoms with E-state index in [1.54, 1.807) is 0 Å². The molecular formula is C27H34N4O3. The summed E-state index contributed by atoms with van der Waals surface area (Å²) in [7, 11) is 0. The third-order valence-electron chi connectivity index (χ3n) is 7.60. The number of nitrogens with one attached hydrogen (secondary N) is 2. The van der Waals surface area contributed by atoms with Crippen LogP contribution in [0.5, 0.6) is 0 Å². The van der Waals surface area contributed by atoms with Gasteiger partial charge in [-0.25, -0.2) is 4.79 Å². The predicted molar refractivity (Wildman–Crippen MR) is 132 cm³/mol. The first-order chi connectivity index (χ1) is 16.6. The largest absolute Gasteiger partial charge is 0.480 e. The number of anilines is 1. The van der Waals surface area contributed by atoms with Gasteiger partial charge in [-0.05, 0) is 80.4 Å². The summed E-state index contributed by atoms with van der Waals surface area (Å²) in [6, 6.07) is 15.6. The van der Waals surface area contributed by atoms with E-state index < -0.39 is 12.0 Å². The van der Waals surface area contributed by atoms with Crippen LogP contribution in [0.3, 0.4) is 0 Å². The van der Waals surface area contributed by atoms with Gasteiger partial charge in [0.15, 0.2) is 0 Å². The fraction of sp³-hybridized carbons (Fsp3) is 0.481. The number of nitrogens with zero attached hydrogens (tertiary/aromatic N) is 2. The van der Waals surface area contributed by atoms with E-state index in [0.29, 0.717) is 0 Å². The number of hydrogen-bond donors (Lipinski definition) is 3. The lowest BCUT2D eigenvalue weighted by atomic mass is 9.89. The molecular weight excluding hydrogens is 428 g/mol. The normalized spacial score (nSPS) is 23.9. The van der Waals surface area contributed by atoms with Gasteiger partial charge in [-0.1, -0.05) is 36.4 Å². The van der Waals surface area contributed by atoms with Crippen LogP contribution < -0.4 is 15.5 Å². The van der Waals surface area contributed by atoms with Gasteiger partial charge in [-0.3, -0.25) is 15.0 Å². The molecule has 0 bridgehead atoms. The molecule has 0 radical (unpaired) electrons. The van der Waals surface area contributed by atoms with Crippen molar-refractivity contribution in [2.75, 3.05) is 31.1 Å². The number of urea groups is 1. The van der Waals surface area contributed by atoms with Crippen LogP contribution in [0.4, 0.5) is 10.5 Å². The summed E-state index contributed by atoms with van der Waals surface area (Å²) in [5, 5.41) is 16.5. The van der Waals surface area contributed by atoms with E-state index >= 15 is 0 Å². The van der Waals surface area contributed by atoms with E-state index in [4.69, 9.17) is 0 Å². The molecule has 3 N–H and O–H groups in total. The molecule has 0 spiro atoms. The minimum Gasteiger partial charge on any atom is -0.480 e. The number of rotatable bonds is 6. The molecule has 1 saturated heterocycles. The van der Waals surface area contributed by atoms with Crippen molar-refractivity contribution in [1.29, 1.82) is 0 Å². The first-order valence-corrected chi connectivity index (χ1v) is 12.5. The van der Waals surface area contributed by atoms with E-state index in [9.17, 15) is 14.7 Å². The quantitative estimate of drug-likeness (QED) is 0.613. The molecule has 2 heterocycles. The van der Waals surface area contributed by atoms with Crippen LogP contribution in [-0.4, -0.2) is 60.3 Å². The van der Waals surface area contributed by atoms with Gasteiger partial charge < -0.3 is 15.3 Å². The molecule has 1 atom stereocenters. The molecule has 2 amide bonds. The molecule has 1 saturated carbocycles. The second-order valence-electron chi connectivity index (χ2n) is 9.68. The molecule has 7 nitrogen and oxygen atoms in total. The second-order valence-corrected chi connectivity index (χ2v) is 9.68. The molecule has 3 aliphatic rings. The van der Waals surface area contributed by atoms with Crippen LogP contribution >= 0.6 is 0 Å². The zero-order valence-electron chi connectivity index (χ0n) is 19.6. The van der Waals surface area contributed by atoms with E-state index in [2.05, 4.69) is 28.8 Å². The fourth-order valence-electron chi connectivity index (χ4n) is 5.71. The maximum atomic E-state index is 13.3. The van der Waals surface area contributed by atoms with Gasteiger partial charge in [0, 0.05) is 30.9 Å². The summed E-state index contributed by atoms with van der Waals surface area (Å²) in [5.41, 5.74) is 4.53. The Labute approximate surface area is 201 Å². The number of fused-ring (bicyclic) bond motifs is 1. The lowest BCUT2D eigenvalue weighted by Crippen LogP contribution is -2.45. The summed E-state index contributed by atoms with van der Waals surface area (Å²) in [6.45, 7) is 3.48. The molecule has 1 unspecified atom stereocenters. The van der Waals surface area contributed by atoms with Gasteiger partial charge in [-0.15, -0.1) is 0 Å². The summed E-state index contributed by atoms with van der Waals surface area (Å²) < 4.78 is 0. The molecule has 2 aliphatic heterocycles. The number of carboxylic acids is 1. The SMILES string of the molecule is O=C(O)C(NC1CCC(N2CCN(c3ccc4c(c3)CCNCC4)C2=O)CC1)c1ccccc1. The lowest BCUT2D eigenvalue weighted by Gasteiger charge is -2.35. The van der Waals surface area contributed by atoms with Crippen molar-refractivity contribution >= 4 is 17.7 Å². The number of benzene rings is 2. The summed E-state index contributed by atoms with van der Waals surface area (Å²) in [5.74, 6) is -0.852. The number of amides is 2. The molecule has 2 fully saturated rings. The lowest BCUT2D eigenvalue weighted by molar-refractivity contribution is -0.140. The predicted octanol–water partition coefficient (Wildman–Crippen LogP) is 3.34. The molecule has 180 valence electrons. The van der Waals surface area contributed by atoms with Gasteiger partial charge in [-0.2, -0.15) is 0 Å². The first-order valence-electron chi connectivity index (χ1n) is 12.5. The maximum absolute atomic E-state index is 13.3. The monoisotopic (exact) mass is 462 g/mol. The molecule has 0 aromatic heterocycles. The first kappa shape index (κ1) is 22.9. The van der Waals surface area contributed by atoms with E-state index in [0.717, 1.165) is 76.0 Å². The Bertz CT molecular complexity index is 1020. The Morgan fingerprint density at radius 1 is 0.971 bits per heavy atom. The Morgan fingerprint density at radius 2 is 1.71 bits per heavy atom. The summed E-state index contributed by atoms with van der Waals surface area (Å²) in [6.07, 6.45) is 5.59. The average Bonchev–Trinajstić information content (AvgIpc) is 3.08. The molecule has 7 heteroatoms. The average molecular weight is 463 g/mol. The fourth-order valence-corrected chi connectivity index (χ4v) is 5.71. The highest BCUT2D eigenvalue weighted by Crippen LogP contribution is 2.31. The van der Waals surface area contributed by atoms with Gasteiger partial charge in [0.05, 0.1) is 0 Å². The standard InChI is InChI=1S/C27H34N4O3/c32-26(33)25(20-4-2-1-3-5-20)29-22-7-10-23(11-8-22)30-16-17-31(27(30)34)24-9-6-19-12-14-28-15-13-21(19)18-24/h1-6,9,18,22-23,25,28-29H,7-8,10-17H2,(H,32,33). The molecule has 1 aliphatic carbocycles. The summed E-state index contributed by atoms with van der Waals surface area (Å²) >= 11 is 0. The van der Waals surface area contributed by atoms with Crippen molar-refractivity contribution < 1.29 is 14.7 Å². The smallest absolute Gasteiger partial charge is 0.325 e. The number of hydrogen-bond acceptors (Lipinski definition) is 4. The third-order valence-corrected chi connectivity index (χ3v) is 7.60. The number of aliphatic carboxylic acids is 1. The number of carbonyl (C=O) groups excluding carboxylic acids is 1. The Balaban J connectivity index is 1.19. The zero-order valence-corrected chi connectivity index (χ0v) is 19.6. The zero-order chi connectivity index (χ0) is 23.5. The van der Waals surface area contributed by atoms with Crippen LogP contribution in [-0.2, 0) is 17.6 Å². The van der Waals surface area contributed by atoms with Gasteiger partial charge in [0.1, 0.15) is 6.04 Å². The Kier molecular flexibility index (Phi) is 6.83. The number of carbonyl (C=O) groups is 2. The van der Waals surface area contributed by atoms with Crippen molar-refractivity contribution in [3.8, 4) is 0 Å². The van der Waals surface area contributed by atoms with Gasteiger partial charge in [0.2, 0.25) is 0 Å². The van der Waals surface area contributed by atoms with Crippen LogP contribution in [0.25, 0.3) is 0 Å².